The van der Waals surface area contributed by atoms with Gasteiger partial charge < -0.3 is 25.0 Å². The maximum atomic E-state index is 13.1. The Hall–Kier alpha value is -4.34. The highest BCUT2D eigenvalue weighted by Gasteiger charge is 2.25. The molecule has 4 aromatic rings. The van der Waals surface area contributed by atoms with Gasteiger partial charge in [-0.1, -0.05) is 66.2 Å². The molecule has 2 atom stereocenters. The van der Waals surface area contributed by atoms with Crippen LogP contribution in [0.2, 0.25) is 5.02 Å². The summed E-state index contributed by atoms with van der Waals surface area (Å²) in [5, 5.41) is 26.8. The molecule has 0 aliphatic rings. The number of hydrogen-bond donors (Lipinski definition) is 3. The number of carboxylic acids is 1. The maximum Gasteiger partial charge on any atom is 0.332 e. The lowest BCUT2D eigenvalue weighted by atomic mass is 9.97. The zero-order valence-electron chi connectivity index (χ0n) is 22.1. The van der Waals surface area contributed by atoms with E-state index >= 15 is 0 Å². The van der Waals surface area contributed by atoms with E-state index in [1.54, 1.807) is 14.2 Å². The second kappa shape index (κ2) is 13.1. The van der Waals surface area contributed by atoms with Crippen LogP contribution in [0.5, 0.6) is 11.6 Å². The predicted molar refractivity (Wildman–Crippen MR) is 151 cm³/mol. The summed E-state index contributed by atoms with van der Waals surface area (Å²) in [6, 6.07) is 23.5. The molecule has 0 aliphatic carbocycles. The van der Waals surface area contributed by atoms with E-state index in [0.29, 0.717) is 16.5 Å². The highest BCUT2D eigenvalue weighted by atomic mass is 35.5. The van der Waals surface area contributed by atoms with Crippen molar-refractivity contribution in [2.24, 2.45) is 7.05 Å². The number of aliphatic hydroxyl groups excluding tert-OH is 1. The molecule has 0 radical (unpaired) electrons. The van der Waals surface area contributed by atoms with Crippen LogP contribution >= 0.6 is 11.6 Å². The van der Waals surface area contributed by atoms with Crippen molar-refractivity contribution in [1.29, 1.82) is 0 Å². The second-order valence-corrected chi connectivity index (χ2v) is 9.67. The molecule has 0 bridgehead atoms. The van der Waals surface area contributed by atoms with Gasteiger partial charge >= 0.3 is 5.97 Å². The smallest absolute Gasteiger partial charge is 0.332 e. The Morgan fingerprint density at radius 1 is 1.02 bits per heavy atom. The van der Waals surface area contributed by atoms with Gasteiger partial charge in [0.25, 0.3) is 5.91 Å². The molecule has 0 fully saturated rings. The third-order valence-electron chi connectivity index (χ3n) is 6.37. The summed E-state index contributed by atoms with van der Waals surface area (Å²) < 4.78 is 12.4. The molecule has 0 spiro atoms. The van der Waals surface area contributed by atoms with Crippen molar-refractivity contribution in [3.8, 4) is 22.8 Å². The van der Waals surface area contributed by atoms with Crippen LogP contribution in [0.1, 0.15) is 28.0 Å². The minimum Gasteiger partial charge on any atom is -0.497 e. The molecule has 9 nitrogen and oxygen atoms in total. The summed E-state index contributed by atoms with van der Waals surface area (Å²) in [7, 11) is 3.25. The Morgan fingerprint density at radius 2 is 1.75 bits per heavy atom. The number of aliphatic hydroxyl groups is 1. The first-order valence-electron chi connectivity index (χ1n) is 12.6. The predicted octanol–water partition coefficient (Wildman–Crippen LogP) is 4.50. The first-order valence-corrected chi connectivity index (χ1v) is 13.0. The van der Waals surface area contributed by atoms with Gasteiger partial charge in [0.2, 0.25) is 5.88 Å². The molecule has 3 N–H and O–H groups in total. The number of rotatable bonds is 12. The van der Waals surface area contributed by atoms with E-state index in [4.69, 9.17) is 21.1 Å². The Labute approximate surface area is 236 Å². The van der Waals surface area contributed by atoms with Gasteiger partial charge in [0, 0.05) is 30.6 Å². The molecule has 208 valence electrons. The fraction of sp³-hybridized carbons (Fsp3) is 0.233. The van der Waals surface area contributed by atoms with E-state index in [0.717, 1.165) is 22.4 Å². The number of nitrogens with one attached hydrogen (secondary N) is 1. The van der Waals surface area contributed by atoms with E-state index < -0.39 is 24.0 Å². The number of ether oxygens (including phenoxy) is 2. The van der Waals surface area contributed by atoms with Gasteiger partial charge in [-0.3, -0.25) is 4.79 Å². The van der Waals surface area contributed by atoms with Gasteiger partial charge in [0.05, 0.1) is 7.11 Å². The summed E-state index contributed by atoms with van der Waals surface area (Å²) in [6.07, 6.45) is -1.68. The van der Waals surface area contributed by atoms with Crippen LogP contribution in [0.3, 0.4) is 0 Å². The molecule has 1 aromatic heterocycles. The molecule has 4 rings (SSSR count). The normalized spacial score (nSPS) is 12.4. The van der Waals surface area contributed by atoms with Gasteiger partial charge in [0.15, 0.2) is 11.8 Å². The van der Waals surface area contributed by atoms with Crippen LogP contribution < -0.4 is 14.8 Å². The molecular formula is C30H30ClN3O6. The number of benzene rings is 3. The fourth-order valence-corrected chi connectivity index (χ4v) is 4.44. The number of amides is 1. The number of aliphatic carboxylic acids is 1. The molecule has 40 heavy (non-hydrogen) atoms. The average molecular weight is 564 g/mol. The zero-order valence-corrected chi connectivity index (χ0v) is 22.8. The van der Waals surface area contributed by atoms with Crippen molar-refractivity contribution < 1.29 is 29.3 Å². The van der Waals surface area contributed by atoms with Gasteiger partial charge in [-0.25, -0.2) is 9.48 Å². The highest BCUT2D eigenvalue weighted by molar-refractivity contribution is 6.31. The monoisotopic (exact) mass is 563 g/mol. The molecule has 0 saturated carbocycles. The Balaban J connectivity index is 1.46. The average Bonchev–Trinajstić information content (AvgIpc) is 3.34. The van der Waals surface area contributed by atoms with Crippen molar-refractivity contribution >= 4 is 23.5 Å². The Bertz CT molecular complexity index is 1460. The quantitative estimate of drug-likeness (QED) is 0.232. The molecule has 1 amide bonds. The van der Waals surface area contributed by atoms with Crippen LogP contribution in [-0.2, 0) is 24.9 Å². The summed E-state index contributed by atoms with van der Waals surface area (Å²) in [6.45, 7) is 0.259. The Morgan fingerprint density at radius 3 is 2.40 bits per heavy atom. The summed E-state index contributed by atoms with van der Waals surface area (Å²) in [4.78, 5) is 24.5. The van der Waals surface area contributed by atoms with Crippen molar-refractivity contribution in [2.75, 3.05) is 7.11 Å². The van der Waals surface area contributed by atoms with E-state index in [2.05, 4.69) is 10.4 Å². The second-order valence-electron chi connectivity index (χ2n) is 9.26. The molecule has 10 heteroatoms. The van der Waals surface area contributed by atoms with Crippen molar-refractivity contribution in [2.45, 2.75) is 31.6 Å². The van der Waals surface area contributed by atoms with Crippen LogP contribution in [0, 0.1) is 0 Å². The van der Waals surface area contributed by atoms with E-state index in [-0.39, 0.29) is 25.1 Å². The molecular weight excluding hydrogens is 534 g/mol. The van der Waals surface area contributed by atoms with Crippen molar-refractivity contribution in [3.63, 3.8) is 0 Å². The standard InChI is InChI=1S/C30H30ClN3O6/c1-34-28(40-18-19-8-12-24(39-2)13-9-19)17-26(33-34)29(36)32-23(16-27(35)30(37)38)14-22-11-10-21(15-25(22)31)20-6-4-3-5-7-20/h3-13,15,17,23,27,35H,14,16,18H2,1-2H3,(H,32,36)(H,37,38). The van der Waals surface area contributed by atoms with Crippen LogP contribution in [0.4, 0.5) is 0 Å². The minimum absolute atomic E-state index is 0.0903. The van der Waals surface area contributed by atoms with E-state index in [1.165, 1.54) is 10.7 Å². The summed E-state index contributed by atoms with van der Waals surface area (Å²) >= 11 is 6.57. The summed E-state index contributed by atoms with van der Waals surface area (Å²) in [5.41, 5.74) is 3.63. The number of halogens is 1. The fourth-order valence-electron chi connectivity index (χ4n) is 4.19. The van der Waals surface area contributed by atoms with Crippen LogP contribution in [0.15, 0.2) is 78.9 Å². The number of carboxylic acid groups (broad SMARTS) is 1. The third kappa shape index (κ3) is 7.40. The van der Waals surface area contributed by atoms with Crippen LogP contribution in [-0.4, -0.2) is 51.1 Å². The first kappa shape index (κ1) is 28.7. The molecule has 3 aromatic carbocycles. The topological polar surface area (TPSA) is 123 Å². The highest BCUT2D eigenvalue weighted by Crippen LogP contribution is 2.27. The van der Waals surface area contributed by atoms with Gasteiger partial charge in [-0.2, -0.15) is 5.10 Å². The van der Waals surface area contributed by atoms with Gasteiger partial charge in [-0.15, -0.1) is 0 Å². The largest absolute Gasteiger partial charge is 0.497 e. The molecule has 0 saturated heterocycles. The lowest BCUT2D eigenvalue weighted by Crippen LogP contribution is -2.40. The lowest BCUT2D eigenvalue weighted by molar-refractivity contribution is -0.147. The lowest BCUT2D eigenvalue weighted by Gasteiger charge is -2.21. The summed E-state index contributed by atoms with van der Waals surface area (Å²) in [5.74, 6) is -0.798. The SMILES string of the molecule is COc1ccc(COc2cc(C(=O)NC(Cc3ccc(-c4ccccc4)cc3Cl)CC(O)C(=O)O)nn2C)cc1. The van der Waals surface area contributed by atoms with E-state index in [9.17, 15) is 19.8 Å². The number of aromatic nitrogens is 2. The molecule has 0 aliphatic heterocycles. The number of hydrogen-bond acceptors (Lipinski definition) is 6. The third-order valence-corrected chi connectivity index (χ3v) is 6.72. The Kier molecular flexibility index (Phi) is 9.42. The van der Waals surface area contributed by atoms with Gasteiger partial charge in [0.1, 0.15) is 12.4 Å². The number of methoxy groups -OCH3 is 1. The molecule has 1 heterocycles. The van der Waals surface area contributed by atoms with Gasteiger partial charge in [-0.05, 0) is 46.9 Å². The number of aryl methyl sites for hydroxylation is 1. The van der Waals surface area contributed by atoms with Crippen molar-refractivity contribution in [1.82, 2.24) is 15.1 Å². The number of carbonyl (C=O) groups excluding carboxylic acids is 1. The van der Waals surface area contributed by atoms with Crippen LogP contribution in [0.25, 0.3) is 11.1 Å². The molecule has 2 unspecified atom stereocenters. The number of carbonyl (C=O) groups is 2. The zero-order chi connectivity index (χ0) is 28.6. The van der Waals surface area contributed by atoms with Crippen molar-refractivity contribution in [3.05, 3.63) is 101 Å². The minimum atomic E-state index is -1.67. The number of nitrogens with zero attached hydrogens (tertiary/aromatic N) is 2. The first-order chi connectivity index (χ1) is 19.2. The maximum absolute atomic E-state index is 13.1. The van der Waals surface area contributed by atoms with E-state index in [1.807, 2.05) is 72.8 Å².